The van der Waals surface area contributed by atoms with Crippen LogP contribution < -0.4 is 11.0 Å². The largest absolute Gasteiger partial charge is 0.338 e. The molecule has 6 heteroatoms. The average Bonchev–Trinajstić information content (AvgIpc) is 3.01. The van der Waals surface area contributed by atoms with Crippen molar-refractivity contribution in [2.45, 2.75) is 6.42 Å². The maximum absolute atomic E-state index is 11.6. The Labute approximate surface area is 135 Å². The van der Waals surface area contributed by atoms with Crippen molar-refractivity contribution in [2.24, 2.45) is 0 Å². The van der Waals surface area contributed by atoms with Crippen molar-refractivity contribution in [3.8, 4) is 0 Å². The van der Waals surface area contributed by atoms with E-state index >= 15 is 0 Å². The van der Waals surface area contributed by atoms with Gasteiger partial charge in [-0.05, 0) is 17.6 Å². The zero-order valence-electron chi connectivity index (χ0n) is 12.5. The topological polar surface area (TPSA) is 47.6 Å². The smallest absolute Gasteiger partial charge is 0.237 e. The van der Waals surface area contributed by atoms with Crippen molar-refractivity contribution in [3.05, 3.63) is 47.7 Å². The Kier molecular flexibility index (Phi) is 4.36. The van der Waals surface area contributed by atoms with Crippen LogP contribution >= 0.6 is 11.6 Å². The Morgan fingerprint density at radius 2 is 2.00 bits per heavy atom. The summed E-state index contributed by atoms with van der Waals surface area (Å²) in [6.07, 6.45) is 4.99. The van der Waals surface area contributed by atoms with Crippen LogP contribution in [0.15, 0.2) is 36.5 Å². The molecule has 116 valence electrons. The molecule has 2 heterocycles. The summed E-state index contributed by atoms with van der Waals surface area (Å²) in [5, 5.41) is 1.87. The van der Waals surface area contributed by atoms with Gasteiger partial charge in [-0.15, -0.1) is 17.1 Å². The molecule has 1 aromatic rings. The third kappa shape index (κ3) is 3.10. The summed E-state index contributed by atoms with van der Waals surface area (Å²) >= 11 is 5.60. The molecule has 2 aliphatic rings. The highest BCUT2D eigenvalue weighted by atomic mass is 35.5. The van der Waals surface area contributed by atoms with Gasteiger partial charge in [0.25, 0.3) is 0 Å². The van der Waals surface area contributed by atoms with Crippen molar-refractivity contribution in [1.29, 1.82) is 0 Å². The Morgan fingerprint density at radius 3 is 2.55 bits per heavy atom. The third-order valence-corrected chi connectivity index (χ3v) is 4.16. The van der Waals surface area contributed by atoms with E-state index in [0.717, 1.165) is 24.2 Å². The lowest BCUT2D eigenvalue weighted by atomic mass is 9.98. The summed E-state index contributed by atoms with van der Waals surface area (Å²) in [5.74, 6) is 0.0609. The van der Waals surface area contributed by atoms with Crippen molar-refractivity contribution in [3.63, 3.8) is 0 Å². The molecule has 0 aromatic heterocycles. The Balaban J connectivity index is 1.70. The third-order valence-electron chi connectivity index (χ3n) is 3.93. The predicted molar refractivity (Wildman–Crippen MR) is 88.3 cm³/mol. The second-order valence-corrected chi connectivity index (χ2v) is 5.69. The molecule has 2 aliphatic heterocycles. The predicted octanol–water partition coefficient (Wildman–Crippen LogP) is 1.79. The van der Waals surface area contributed by atoms with Crippen LogP contribution in [-0.4, -0.2) is 41.8 Å². The van der Waals surface area contributed by atoms with Gasteiger partial charge in [0.2, 0.25) is 5.91 Å². The summed E-state index contributed by atoms with van der Waals surface area (Å²) in [4.78, 5) is 13.4. The van der Waals surface area contributed by atoms with Crippen LogP contribution in [0.2, 0.25) is 0 Å². The van der Waals surface area contributed by atoms with E-state index < -0.39 is 0 Å². The molecule has 0 unspecified atom stereocenters. The van der Waals surface area contributed by atoms with E-state index in [2.05, 4.69) is 41.3 Å². The summed E-state index contributed by atoms with van der Waals surface area (Å²) in [5.41, 5.74) is 10.8. The van der Waals surface area contributed by atoms with E-state index in [-0.39, 0.29) is 11.8 Å². The minimum atomic E-state index is 0.00294. The lowest BCUT2D eigenvalue weighted by Gasteiger charge is -2.26. The number of carbonyl (C=O) groups excluding carboxylic acids is 1. The molecule has 22 heavy (non-hydrogen) atoms. The molecule has 0 saturated carbocycles. The van der Waals surface area contributed by atoms with Crippen molar-refractivity contribution >= 4 is 28.8 Å². The first-order valence-electron chi connectivity index (χ1n) is 7.27. The molecular weight excluding hydrogens is 300 g/mol. The number of nitrogens with one attached hydrogen (secondary N) is 2. The molecule has 2 N–H and O–H groups in total. The number of halogens is 1. The summed E-state index contributed by atoms with van der Waals surface area (Å²) < 4.78 is 0. The Morgan fingerprint density at radius 1 is 1.27 bits per heavy atom. The molecule has 0 saturated heterocycles. The van der Waals surface area contributed by atoms with Crippen LogP contribution in [0.5, 0.6) is 0 Å². The van der Waals surface area contributed by atoms with E-state index in [1.165, 1.54) is 11.1 Å². The molecule has 3 rings (SSSR count). The van der Waals surface area contributed by atoms with Gasteiger partial charge in [0.15, 0.2) is 0 Å². The van der Waals surface area contributed by atoms with Gasteiger partial charge in [0.1, 0.15) is 5.88 Å². The van der Waals surface area contributed by atoms with Gasteiger partial charge in [-0.1, -0.05) is 30.3 Å². The number of alkyl halides is 1. The number of hydrazine groups is 2. The molecule has 0 radical (unpaired) electrons. The van der Waals surface area contributed by atoms with Crippen LogP contribution in [0.4, 0.5) is 0 Å². The number of amides is 1. The zero-order chi connectivity index (χ0) is 15.5. The van der Waals surface area contributed by atoms with E-state index in [9.17, 15) is 4.79 Å². The lowest BCUT2D eigenvalue weighted by Crippen LogP contribution is -2.35. The molecule has 0 fully saturated rings. The van der Waals surface area contributed by atoms with Crippen LogP contribution in [0.25, 0.3) is 11.3 Å². The van der Waals surface area contributed by atoms with Gasteiger partial charge in [-0.2, -0.15) is 0 Å². The first kappa shape index (κ1) is 14.9. The maximum Gasteiger partial charge on any atom is 0.237 e. The van der Waals surface area contributed by atoms with Crippen LogP contribution in [0.1, 0.15) is 17.5 Å². The summed E-state index contributed by atoms with van der Waals surface area (Å²) in [7, 11) is 1.94. The highest BCUT2D eigenvalue weighted by Crippen LogP contribution is 2.24. The van der Waals surface area contributed by atoms with Crippen molar-refractivity contribution in [1.82, 2.24) is 20.9 Å². The number of rotatable bonds is 3. The molecular formula is C16H19ClN4O. The average molecular weight is 319 g/mol. The monoisotopic (exact) mass is 318 g/mol. The second kappa shape index (κ2) is 6.42. The fourth-order valence-corrected chi connectivity index (χ4v) is 2.83. The number of hydrogen-bond donors (Lipinski definition) is 2. The summed E-state index contributed by atoms with van der Waals surface area (Å²) in [6.45, 7) is 1.38. The molecule has 1 amide bonds. The van der Waals surface area contributed by atoms with Gasteiger partial charge in [-0.25, -0.2) is 0 Å². The molecule has 0 bridgehead atoms. The fourth-order valence-electron chi connectivity index (χ4n) is 2.66. The number of hydrogen-bond acceptors (Lipinski definition) is 4. The zero-order valence-corrected chi connectivity index (χ0v) is 13.2. The fraction of sp³-hybridized carbons (Fsp3) is 0.312. The van der Waals surface area contributed by atoms with Gasteiger partial charge in [0.05, 0.1) is 5.70 Å². The van der Waals surface area contributed by atoms with Gasteiger partial charge < -0.3 is 10.3 Å². The number of benzene rings is 1. The Hall–Kier alpha value is -1.98. The highest BCUT2D eigenvalue weighted by molar-refractivity contribution is 6.27. The van der Waals surface area contributed by atoms with Crippen LogP contribution in [0.3, 0.4) is 0 Å². The number of carbonyl (C=O) groups is 1. The van der Waals surface area contributed by atoms with Crippen LogP contribution in [0, 0.1) is 0 Å². The molecule has 0 aliphatic carbocycles. The molecule has 5 nitrogen and oxygen atoms in total. The van der Waals surface area contributed by atoms with E-state index in [1.54, 1.807) is 4.90 Å². The first-order chi connectivity index (χ1) is 10.7. The number of nitrogens with zero attached hydrogens (tertiary/aromatic N) is 2. The maximum atomic E-state index is 11.6. The minimum absolute atomic E-state index is 0.00294. The van der Waals surface area contributed by atoms with Crippen molar-refractivity contribution < 1.29 is 4.79 Å². The van der Waals surface area contributed by atoms with Gasteiger partial charge >= 0.3 is 0 Å². The van der Waals surface area contributed by atoms with Crippen molar-refractivity contribution in [2.75, 3.05) is 26.0 Å². The van der Waals surface area contributed by atoms with Gasteiger partial charge in [0, 0.05) is 31.9 Å². The summed E-state index contributed by atoms with van der Waals surface area (Å²) in [6, 6.07) is 8.46. The molecule has 1 aromatic carbocycles. The quantitative estimate of drug-likeness (QED) is 0.834. The lowest BCUT2D eigenvalue weighted by molar-refractivity contribution is -0.128. The molecule has 0 atom stereocenters. The van der Waals surface area contributed by atoms with Crippen LogP contribution in [-0.2, 0) is 4.79 Å². The second-order valence-electron chi connectivity index (χ2n) is 5.42. The van der Waals surface area contributed by atoms with E-state index in [4.69, 9.17) is 11.6 Å². The minimum Gasteiger partial charge on any atom is -0.338 e. The van der Waals surface area contributed by atoms with E-state index in [0.29, 0.717) is 6.54 Å². The normalized spacial score (nSPS) is 17.9. The molecule has 0 spiro atoms. The first-order valence-corrected chi connectivity index (χ1v) is 7.81. The SMILES string of the molecule is CN1C=C(c2ccc(C3=CCN(C(=O)CCl)CC3)cc2)NN1. The highest BCUT2D eigenvalue weighted by Gasteiger charge is 2.17. The van der Waals surface area contributed by atoms with E-state index in [1.807, 2.05) is 18.3 Å². The van der Waals surface area contributed by atoms with Gasteiger partial charge in [-0.3, -0.25) is 9.80 Å². The Bertz CT molecular complexity index is 624. The standard InChI is InChI=1S/C16H19ClN4O/c1-20-11-15(18-19-20)14-4-2-12(3-5-14)13-6-8-21(9-7-13)16(22)10-17/h2-6,11,18-19H,7-10H2,1H3.